The van der Waals surface area contributed by atoms with Gasteiger partial charge in [0, 0.05) is 17.1 Å². The Morgan fingerprint density at radius 2 is 1.94 bits per heavy atom. The standard InChI is InChI=1S/C27H28N2O3S2/c1-17(2)22-15-21-23(16-32-22)34-25-24(21)26(30)29(19-9-11-20(31-3)12-10-19)27(28-25)33-14-13-18-7-5-4-6-8-18/h4-12,17,22H,13-16H2,1-3H3. The Hall–Kier alpha value is -2.61. The van der Waals surface area contributed by atoms with E-state index in [1.165, 1.54) is 5.56 Å². The largest absolute Gasteiger partial charge is 0.497 e. The third kappa shape index (κ3) is 4.52. The second kappa shape index (κ2) is 9.94. The van der Waals surface area contributed by atoms with Crippen molar-refractivity contribution in [1.82, 2.24) is 9.55 Å². The lowest BCUT2D eigenvalue weighted by Gasteiger charge is -2.26. The fraction of sp³-hybridized carbons (Fsp3) is 0.333. The lowest BCUT2D eigenvalue weighted by molar-refractivity contribution is 0.00200. The summed E-state index contributed by atoms with van der Waals surface area (Å²) in [6.45, 7) is 4.89. The fourth-order valence-corrected chi connectivity index (χ4v) is 6.46. The number of methoxy groups -OCH3 is 1. The maximum absolute atomic E-state index is 14.0. The maximum Gasteiger partial charge on any atom is 0.267 e. The molecule has 4 aromatic rings. The Bertz CT molecular complexity index is 1340. The molecular weight excluding hydrogens is 464 g/mol. The number of ether oxygens (including phenoxy) is 2. The highest BCUT2D eigenvalue weighted by molar-refractivity contribution is 7.99. The van der Waals surface area contributed by atoms with E-state index in [0.717, 1.165) is 55.8 Å². The molecule has 0 N–H and O–H groups in total. The molecule has 0 saturated heterocycles. The van der Waals surface area contributed by atoms with Crippen LogP contribution in [0.3, 0.4) is 0 Å². The van der Waals surface area contributed by atoms with E-state index in [-0.39, 0.29) is 11.7 Å². The van der Waals surface area contributed by atoms with Crippen LogP contribution >= 0.6 is 23.1 Å². The van der Waals surface area contributed by atoms with Crippen molar-refractivity contribution in [3.63, 3.8) is 0 Å². The first kappa shape index (κ1) is 23.1. The lowest BCUT2D eigenvalue weighted by Crippen LogP contribution is -2.28. The van der Waals surface area contributed by atoms with Gasteiger partial charge in [-0.3, -0.25) is 9.36 Å². The van der Waals surface area contributed by atoms with Gasteiger partial charge in [0.25, 0.3) is 5.56 Å². The van der Waals surface area contributed by atoms with Crippen LogP contribution in [0.2, 0.25) is 0 Å². The Kier molecular flexibility index (Phi) is 6.77. The van der Waals surface area contributed by atoms with Crippen LogP contribution in [0.4, 0.5) is 0 Å². The van der Waals surface area contributed by atoms with E-state index in [4.69, 9.17) is 14.5 Å². The summed E-state index contributed by atoms with van der Waals surface area (Å²) in [5, 5.41) is 1.47. The van der Waals surface area contributed by atoms with Gasteiger partial charge in [-0.25, -0.2) is 4.98 Å². The number of rotatable bonds is 7. The van der Waals surface area contributed by atoms with Crippen molar-refractivity contribution < 1.29 is 9.47 Å². The number of nitrogens with zero attached hydrogens (tertiary/aromatic N) is 2. The van der Waals surface area contributed by atoms with Gasteiger partial charge in [-0.1, -0.05) is 55.9 Å². The zero-order valence-electron chi connectivity index (χ0n) is 19.6. The van der Waals surface area contributed by atoms with Crippen LogP contribution < -0.4 is 10.3 Å². The van der Waals surface area contributed by atoms with Gasteiger partial charge in [0.2, 0.25) is 0 Å². The number of thiophene rings is 1. The molecule has 1 atom stereocenters. The summed E-state index contributed by atoms with van der Waals surface area (Å²) in [6, 6.07) is 18.0. The molecule has 2 aromatic carbocycles. The van der Waals surface area contributed by atoms with Crippen molar-refractivity contribution >= 4 is 33.3 Å². The molecule has 5 nitrogen and oxygen atoms in total. The van der Waals surface area contributed by atoms with Gasteiger partial charge < -0.3 is 9.47 Å². The minimum Gasteiger partial charge on any atom is -0.497 e. The van der Waals surface area contributed by atoms with Crippen LogP contribution in [-0.4, -0.2) is 28.5 Å². The summed E-state index contributed by atoms with van der Waals surface area (Å²) >= 11 is 3.22. The molecule has 176 valence electrons. The number of aromatic nitrogens is 2. The normalized spacial score (nSPS) is 15.6. The fourth-order valence-electron chi connectivity index (χ4n) is 4.30. The van der Waals surface area contributed by atoms with E-state index in [1.54, 1.807) is 34.8 Å². The average Bonchev–Trinajstić information content (AvgIpc) is 3.23. The van der Waals surface area contributed by atoms with Crippen LogP contribution in [-0.2, 0) is 24.2 Å². The summed E-state index contributed by atoms with van der Waals surface area (Å²) < 4.78 is 13.2. The summed E-state index contributed by atoms with van der Waals surface area (Å²) in [7, 11) is 1.64. The molecule has 0 amide bonds. The number of hydrogen-bond acceptors (Lipinski definition) is 6. The van der Waals surface area contributed by atoms with E-state index in [0.29, 0.717) is 12.5 Å². The Balaban J connectivity index is 1.58. The third-order valence-electron chi connectivity index (χ3n) is 6.25. The van der Waals surface area contributed by atoms with Crippen LogP contribution in [0.5, 0.6) is 5.75 Å². The first-order chi connectivity index (χ1) is 16.5. The number of thioether (sulfide) groups is 1. The molecule has 1 unspecified atom stereocenters. The summed E-state index contributed by atoms with van der Waals surface area (Å²) in [6.07, 6.45) is 1.79. The van der Waals surface area contributed by atoms with Crippen LogP contribution in [0.25, 0.3) is 15.9 Å². The minimum atomic E-state index is -0.000663. The summed E-state index contributed by atoms with van der Waals surface area (Å²) in [4.78, 5) is 21.0. The van der Waals surface area contributed by atoms with Crippen molar-refractivity contribution in [1.29, 1.82) is 0 Å². The zero-order chi connectivity index (χ0) is 23.7. The molecule has 5 rings (SSSR count). The van der Waals surface area contributed by atoms with Crippen molar-refractivity contribution in [2.45, 2.75) is 44.6 Å². The molecule has 0 radical (unpaired) electrons. The van der Waals surface area contributed by atoms with Gasteiger partial charge in [-0.05, 0) is 47.7 Å². The number of hydrogen-bond donors (Lipinski definition) is 0. The second-order valence-corrected chi connectivity index (χ2v) is 10.9. The van der Waals surface area contributed by atoms with Gasteiger partial charge in [-0.2, -0.15) is 0 Å². The lowest BCUT2D eigenvalue weighted by atomic mass is 9.96. The molecule has 0 fully saturated rings. The van der Waals surface area contributed by atoms with Crippen molar-refractivity contribution in [2.24, 2.45) is 5.92 Å². The first-order valence-corrected chi connectivity index (χ1v) is 13.4. The molecule has 0 spiro atoms. The third-order valence-corrected chi connectivity index (χ3v) is 8.29. The molecule has 7 heteroatoms. The Morgan fingerprint density at radius 1 is 1.18 bits per heavy atom. The highest BCUT2D eigenvalue weighted by Crippen LogP contribution is 2.36. The maximum atomic E-state index is 14.0. The molecule has 34 heavy (non-hydrogen) atoms. The van der Waals surface area contributed by atoms with Gasteiger partial charge >= 0.3 is 0 Å². The quantitative estimate of drug-likeness (QED) is 0.238. The number of fused-ring (bicyclic) bond motifs is 3. The highest BCUT2D eigenvalue weighted by atomic mass is 32.2. The number of aryl methyl sites for hydroxylation is 1. The van der Waals surface area contributed by atoms with Gasteiger partial charge in [-0.15, -0.1) is 11.3 Å². The Labute approximate surface area is 207 Å². The minimum absolute atomic E-state index is 0.000663. The zero-order valence-corrected chi connectivity index (χ0v) is 21.2. The molecule has 0 bridgehead atoms. The molecule has 3 heterocycles. The molecular formula is C27H28N2O3S2. The van der Waals surface area contributed by atoms with Gasteiger partial charge in [0.15, 0.2) is 5.16 Å². The van der Waals surface area contributed by atoms with E-state index in [2.05, 4.69) is 38.1 Å². The SMILES string of the molecule is COc1ccc(-n2c(SCCc3ccccc3)nc3sc4c(c3c2=O)CC(C(C)C)OC4)cc1. The Morgan fingerprint density at radius 3 is 2.65 bits per heavy atom. The van der Waals surface area contributed by atoms with Crippen LogP contribution in [0, 0.1) is 5.92 Å². The topological polar surface area (TPSA) is 53.4 Å². The molecule has 1 aliphatic heterocycles. The summed E-state index contributed by atoms with van der Waals surface area (Å²) in [5.41, 5.74) is 3.19. The highest BCUT2D eigenvalue weighted by Gasteiger charge is 2.28. The van der Waals surface area contributed by atoms with Gasteiger partial charge in [0.1, 0.15) is 10.6 Å². The predicted octanol–water partition coefficient (Wildman–Crippen LogP) is 5.89. The van der Waals surface area contributed by atoms with Crippen LogP contribution in [0.1, 0.15) is 29.9 Å². The molecule has 0 saturated carbocycles. The van der Waals surface area contributed by atoms with Crippen molar-refractivity contribution in [2.75, 3.05) is 12.9 Å². The number of benzene rings is 2. The van der Waals surface area contributed by atoms with Crippen molar-refractivity contribution in [3.05, 3.63) is 81.0 Å². The van der Waals surface area contributed by atoms with E-state index < -0.39 is 0 Å². The summed E-state index contributed by atoms with van der Waals surface area (Å²) in [5.74, 6) is 1.99. The predicted molar refractivity (Wildman–Crippen MR) is 140 cm³/mol. The van der Waals surface area contributed by atoms with E-state index >= 15 is 0 Å². The average molecular weight is 493 g/mol. The van der Waals surface area contributed by atoms with E-state index in [1.807, 2.05) is 30.3 Å². The first-order valence-electron chi connectivity index (χ1n) is 11.5. The van der Waals surface area contributed by atoms with E-state index in [9.17, 15) is 4.79 Å². The molecule has 2 aromatic heterocycles. The molecule has 0 aliphatic carbocycles. The smallest absolute Gasteiger partial charge is 0.267 e. The van der Waals surface area contributed by atoms with Crippen molar-refractivity contribution in [3.8, 4) is 11.4 Å². The van der Waals surface area contributed by atoms with Crippen LogP contribution in [0.15, 0.2) is 64.5 Å². The van der Waals surface area contributed by atoms with Gasteiger partial charge in [0.05, 0.1) is 30.9 Å². The molecule has 1 aliphatic rings. The second-order valence-electron chi connectivity index (χ2n) is 8.80. The monoisotopic (exact) mass is 492 g/mol.